The maximum absolute atomic E-state index is 12.7. The second kappa shape index (κ2) is 8.76. The molecule has 0 bridgehead atoms. The van der Waals surface area contributed by atoms with Gasteiger partial charge in [0.1, 0.15) is 11.5 Å². The summed E-state index contributed by atoms with van der Waals surface area (Å²) in [5.74, 6) is -0.863. The van der Waals surface area contributed by atoms with Crippen LogP contribution in [0, 0.1) is 6.92 Å². The lowest BCUT2D eigenvalue weighted by molar-refractivity contribution is -0.117. The van der Waals surface area contributed by atoms with Gasteiger partial charge in [-0.3, -0.25) is 9.59 Å². The molecule has 2 aromatic carbocycles. The van der Waals surface area contributed by atoms with Gasteiger partial charge >= 0.3 is 5.69 Å². The molecular weight excluding hydrogens is 416 g/mol. The average molecular weight is 434 g/mol. The minimum Gasteiger partial charge on any atom is -0.324 e. The highest BCUT2D eigenvalue weighted by Crippen LogP contribution is 2.18. The third-order valence-electron chi connectivity index (χ3n) is 4.37. The van der Waals surface area contributed by atoms with E-state index in [2.05, 4.69) is 21.1 Å². The van der Waals surface area contributed by atoms with E-state index in [1.165, 1.54) is 11.3 Å². The Kier molecular flexibility index (Phi) is 5.72. The highest BCUT2D eigenvalue weighted by Gasteiger charge is 2.16. The first-order chi connectivity index (χ1) is 15.0. The number of thiophene rings is 1. The summed E-state index contributed by atoms with van der Waals surface area (Å²) in [6, 6.07) is 17.6. The Morgan fingerprint density at radius 1 is 1.00 bits per heavy atom. The number of hydrogen-bond acceptors (Lipinski definition) is 6. The molecule has 9 nitrogen and oxygen atoms in total. The maximum Gasteiger partial charge on any atom is 0.369 e. The number of aryl methyl sites for hydroxylation is 1. The molecule has 2 aromatic heterocycles. The van der Waals surface area contributed by atoms with Gasteiger partial charge in [-0.25, -0.2) is 4.79 Å². The molecule has 0 radical (unpaired) electrons. The van der Waals surface area contributed by atoms with E-state index in [9.17, 15) is 14.4 Å². The summed E-state index contributed by atoms with van der Waals surface area (Å²) in [5, 5.41) is 15.5. The zero-order valence-electron chi connectivity index (χ0n) is 16.5. The number of tetrazole rings is 1. The van der Waals surface area contributed by atoms with Crippen molar-refractivity contribution in [2.75, 3.05) is 10.6 Å². The van der Waals surface area contributed by atoms with Crippen LogP contribution in [0.1, 0.15) is 15.9 Å². The van der Waals surface area contributed by atoms with Gasteiger partial charge in [0.25, 0.3) is 5.91 Å². The highest BCUT2D eigenvalue weighted by molar-refractivity contribution is 7.12. The van der Waals surface area contributed by atoms with Crippen LogP contribution in [0.2, 0.25) is 0 Å². The van der Waals surface area contributed by atoms with Crippen molar-refractivity contribution in [2.45, 2.75) is 13.5 Å². The Morgan fingerprint density at radius 2 is 1.84 bits per heavy atom. The fourth-order valence-corrected chi connectivity index (χ4v) is 3.61. The van der Waals surface area contributed by atoms with Crippen LogP contribution in [0.5, 0.6) is 0 Å². The van der Waals surface area contributed by atoms with Gasteiger partial charge in [-0.1, -0.05) is 24.3 Å². The topological polar surface area (TPSA) is 111 Å². The summed E-state index contributed by atoms with van der Waals surface area (Å²) in [6.07, 6.45) is 0. The van der Waals surface area contributed by atoms with Crippen LogP contribution in [0.3, 0.4) is 0 Å². The monoisotopic (exact) mass is 434 g/mol. The normalized spacial score (nSPS) is 10.6. The molecule has 0 saturated carbocycles. The largest absolute Gasteiger partial charge is 0.369 e. The average Bonchev–Trinajstić information content (AvgIpc) is 3.39. The van der Waals surface area contributed by atoms with Crippen LogP contribution in [0.25, 0.3) is 5.00 Å². The van der Waals surface area contributed by atoms with Crippen molar-refractivity contribution in [1.29, 1.82) is 0 Å². The van der Waals surface area contributed by atoms with Gasteiger partial charge < -0.3 is 10.6 Å². The minimum absolute atomic E-state index is 0.298. The number of hydrogen-bond donors (Lipinski definition) is 2. The van der Waals surface area contributed by atoms with Crippen LogP contribution in [-0.2, 0) is 11.3 Å². The molecule has 10 heteroatoms. The van der Waals surface area contributed by atoms with Gasteiger partial charge in [-0.2, -0.15) is 9.36 Å². The molecule has 31 heavy (non-hydrogen) atoms. The quantitative estimate of drug-likeness (QED) is 0.485. The Bertz CT molecular complexity index is 1290. The molecule has 0 atom stereocenters. The number of carbonyl (C=O) groups excluding carboxylic acids is 2. The van der Waals surface area contributed by atoms with Gasteiger partial charge in [0.05, 0.1) is 11.3 Å². The van der Waals surface area contributed by atoms with Crippen LogP contribution in [-0.4, -0.2) is 31.6 Å². The summed E-state index contributed by atoms with van der Waals surface area (Å²) in [6.45, 7) is 1.60. The molecule has 0 saturated heterocycles. The van der Waals surface area contributed by atoms with E-state index in [-0.39, 0.29) is 12.5 Å². The molecule has 0 spiro atoms. The lowest BCUT2D eigenvalue weighted by Crippen LogP contribution is -2.30. The molecule has 0 aliphatic rings. The van der Waals surface area contributed by atoms with E-state index < -0.39 is 11.6 Å². The lowest BCUT2D eigenvalue weighted by Gasteiger charge is -2.11. The number of benzene rings is 2. The van der Waals surface area contributed by atoms with Crippen molar-refractivity contribution in [3.05, 3.63) is 87.7 Å². The number of nitrogens with zero attached hydrogens (tertiary/aromatic N) is 4. The molecule has 0 fully saturated rings. The van der Waals surface area contributed by atoms with Gasteiger partial charge in [0.2, 0.25) is 5.91 Å². The van der Waals surface area contributed by atoms with E-state index in [1.807, 2.05) is 30.5 Å². The third-order valence-corrected chi connectivity index (χ3v) is 5.21. The Hall–Kier alpha value is -4.05. The third kappa shape index (κ3) is 4.59. The van der Waals surface area contributed by atoms with Gasteiger partial charge in [-0.15, -0.1) is 11.3 Å². The summed E-state index contributed by atoms with van der Waals surface area (Å²) in [4.78, 5) is 37.7. The first kappa shape index (κ1) is 20.2. The molecule has 0 aliphatic heterocycles. The molecule has 0 unspecified atom stereocenters. The summed E-state index contributed by atoms with van der Waals surface area (Å²) < 4.78 is 2.09. The fraction of sp³-hybridized carbons (Fsp3) is 0.0952. The number of amides is 2. The molecule has 156 valence electrons. The van der Waals surface area contributed by atoms with Gasteiger partial charge in [0, 0.05) is 5.69 Å². The van der Waals surface area contributed by atoms with Crippen molar-refractivity contribution in [3.63, 3.8) is 0 Å². The van der Waals surface area contributed by atoms with Crippen LogP contribution in [0.4, 0.5) is 11.4 Å². The first-order valence-electron chi connectivity index (χ1n) is 9.35. The lowest BCUT2D eigenvalue weighted by atomic mass is 10.1. The van der Waals surface area contributed by atoms with E-state index in [0.29, 0.717) is 21.9 Å². The fourth-order valence-electron chi connectivity index (χ4n) is 2.94. The smallest absolute Gasteiger partial charge is 0.324 e. The molecule has 2 N–H and O–H groups in total. The van der Waals surface area contributed by atoms with E-state index >= 15 is 0 Å². The zero-order valence-corrected chi connectivity index (χ0v) is 17.3. The summed E-state index contributed by atoms with van der Waals surface area (Å²) in [5.41, 5.74) is 1.77. The first-order valence-corrected chi connectivity index (χ1v) is 10.2. The van der Waals surface area contributed by atoms with Crippen LogP contribution >= 0.6 is 11.3 Å². The number of rotatable bonds is 6. The minimum atomic E-state index is -0.525. The summed E-state index contributed by atoms with van der Waals surface area (Å²) >= 11 is 1.33. The Balaban J connectivity index is 1.48. The van der Waals surface area contributed by atoms with Gasteiger partial charge in [0.15, 0.2) is 0 Å². The number of aromatic nitrogens is 4. The van der Waals surface area contributed by atoms with Gasteiger partial charge in [-0.05, 0) is 64.7 Å². The number of nitrogens with one attached hydrogen (secondary N) is 2. The second-order valence-corrected chi connectivity index (χ2v) is 7.63. The van der Waals surface area contributed by atoms with Crippen molar-refractivity contribution in [1.82, 2.24) is 19.8 Å². The molecule has 2 amide bonds. The van der Waals surface area contributed by atoms with Crippen molar-refractivity contribution < 1.29 is 9.59 Å². The Morgan fingerprint density at radius 3 is 2.61 bits per heavy atom. The SMILES string of the molecule is Cc1cccc(NC(=O)c2ccccc2NC(=O)Cn2nnn(-c3cccs3)c2=O)c1. The van der Waals surface area contributed by atoms with E-state index in [1.54, 1.807) is 42.5 Å². The van der Waals surface area contributed by atoms with E-state index in [0.717, 1.165) is 14.9 Å². The standard InChI is InChI=1S/C21H18N6O3S/c1-14-6-4-7-15(12-14)22-20(29)16-8-2-3-9-17(16)23-18(28)13-26-21(30)27(25-24-26)19-10-5-11-31-19/h2-12H,13H2,1H3,(H,22,29)(H,23,28). The van der Waals surface area contributed by atoms with Crippen molar-refractivity contribution in [2.24, 2.45) is 0 Å². The zero-order chi connectivity index (χ0) is 21.8. The molecule has 4 aromatic rings. The molecule has 0 aliphatic carbocycles. The predicted molar refractivity (Wildman–Crippen MR) is 118 cm³/mol. The van der Waals surface area contributed by atoms with E-state index in [4.69, 9.17) is 0 Å². The highest BCUT2D eigenvalue weighted by atomic mass is 32.1. The van der Waals surface area contributed by atoms with Crippen molar-refractivity contribution >= 4 is 34.5 Å². The molecule has 4 rings (SSSR count). The number of para-hydroxylation sites is 1. The maximum atomic E-state index is 12.7. The molecule has 2 heterocycles. The number of carbonyl (C=O) groups is 2. The summed E-state index contributed by atoms with van der Waals surface area (Å²) in [7, 11) is 0. The second-order valence-electron chi connectivity index (χ2n) is 6.70. The van der Waals surface area contributed by atoms with Crippen molar-refractivity contribution in [3.8, 4) is 5.00 Å². The predicted octanol–water partition coefficient (Wildman–Crippen LogP) is 2.69. The number of anilines is 2. The Labute approximate surface area is 180 Å². The van der Waals surface area contributed by atoms with Crippen LogP contribution < -0.4 is 16.3 Å². The molecular formula is C21H18N6O3S. The van der Waals surface area contributed by atoms with Crippen LogP contribution in [0.15, 0.2) is 70.8 Å².